The predicted molar refractivity (Wildman–Crippen MR) is 81.3 cm³/mol. The van der Waals surface area contributed by atoms with Crippen LogP contribution in [0.1, 0.15) is 25.8 Å². The lowest BCUT2D eigenvalue weighted by molar-refractivity contribution is -0.149. The lowest BCUT2D eigenvalue weighted by atomic mass is 9.93. The van der Waals surface area contributed by atoms with Crippen molar-refractivity contribution in [2.45, 2.75) is 26.4 Å². The molecule has 0 saturated heterocycles. The van der Waals surface area contributed by atoms with E-state index in [-0.39, 0.29) is 18.0 Å². The van der Waals surface area contributed by atoms with E-state index in [1.165, 1.54) is 7.11 Å². The highest BCUT2D eigenvalue weighted by Gasteiger charge is 2.38. The van der Waals surface area contributed by atoms with E-state index < -0.39 is 29.5 Å². The van der Waals surface area contributed by atoms with Crippen molar-refractivity contribution < 1.29 is 27.5 Å². The van der Waals surface area contributed by atoms with Crippen molar-refractivity contribution in [2.75, 3.05) is 12.1 Å². The third kappa shape index (κ3) is 3.58. The Hall–Kier alpha value is -2.38. The van der Waals surface area contributed by atoms with E-state index in [9.17, 15) is 22.8 Å². The zero-order valence-electron chi connectivity index (χ0n) is 13.4. The molecule has 1 unspecified atom stereocenters. The molecule has 130 valence electrons. The summed E-state index contributed by atoms with van der Waals surface area (Å²) in [6.45, 7) is 3.71. The van der Waals surface area contributed by atoms with Crippen molar-refractivity contribution in [3.8, 4) is 0 Å². The fourth-order valence-electron chi connectivity index (χ4n) is 2.32. The molecule has 1 aromatic rings. The molecule has 0 aromatic heterocycles. The summed E-state index contributed by atoms with van der Waals surface area (Å²) in [5.74, 6) is -2.38. The number of hydrogen-bond acceptors (Lipinski definition) is 4. The molecule has 0 fully saturated rings. The van der Waals surface area contributed by atoms with Gasteiger partial charge in [-0.2, -0.15) is 18.3 Å². The fraction of sp³-hybridized carbons (Fsp3) is 0.438. The quantitative estimate of drug-likeness (QED) is 0.626. The highest BCUT2D eigenvalue weighted by Crippen LogP contribution is 2.32. The molecule has 1 heterocycles. The average molecular weight is 342 g/mol. The number of methoxy groups -OCH3 is 1. The number of nitrogens with zero attached hydrogens (tertiary/aromatic N) is 2. The normalized spacial score (nSPS) is 18.6. The number of halogens is 3. The number of amides is 1. The molecule has 0 saturated carbocycles. The second-order valence-electron chi connectivity index (χ2n) is 5.72. The maximum Gasteiger partial charge on any atom is 0.416 e. The Morgan fingerprint density at radius 2 is 1.88 bits per heavy atom. The summed E-state index contributed by atoms with van der Waals surface area (Å²) in [4.78, 5) is 24.3. The maximum atomic E-state index is 12.7. The monoisotopic (exact) mass is 342 g/mol. The largest absolute Gasteiger partial charge is 0.468 e. The second kappa shape index (κ2) is 6.62. The smallest absolute Gasteiger partial charge is 0.416 e. The van der Waals surface area contributed by atoms with E-state index in [4.69, 9.17) is 0 Å². The molecule has 0 spiro atoms. The van der Waals surface area contributed by atoms with Gasteiger partial charge in [-0.3, -0.25) is 9.59 Å². The number of carbonyl (C=O) groups excluding carboxylic acids is 2. The summed E-state index contributed by atoms with van der Waals surface area (Å²) in [5, 5.41) is 5.18. The van der Waals surface area contributed by atoms with Gasteiger partial charge in [0.1, 0.15) is 5.92 Å². The van der Waals surface area contributed by atoms with Gasteiger partial charge in [0.2, 0.25) is 0 Å². The number of esters is 1. The van der Waals surface area contributed by atoms with Crippen LogP contribution in [0.3, 0.4) is 0 Å². The van der Waals surface area contributed by atoms with E-state index in [0.717, 1.165) is 29.3 Å². The number of carbonyl (C=O) groups is 2. The Morgan fingerprint density at radius 1 is 1.29 bits per heavy atom. The molecule has 1 amide bonds. The zero-order valence-corrected chi connectivity index (χ0v) is 13.4. The first-order chi connectivity index (χ1) is 11.1. The molecule has 0 aliphatic carbocycles. The molecule has 0 bridgehead atoms. The van der Waals surface area contributed by atoms with Crippen molar-refractivity contribution in [1.29, 1.82) is 0 Å². The molecular formula is C16H17F3N2O3. The summed E-state index contributed by atoms with van der Waals surface area (Å²) >= 11 is 0. The van der Waals surface area contributed by atoms with Crippen molar-refractivity contribution in [1.82, 2.24) is 0 Å². The molecule has 1 aliphatic rings. The van der Waals surface area contributed by atoms with Gasteiger partial charge in [0.15, 0.2) is 0 Å². The molecule has 5 nitrogen and oxygen atoms in total. The first-order valence-electron chi connectivity index (χ1n) is 7.31. The van der Waals surface area contributed by atoms with Crippen molar-refractivity contribution in [3.05, 3.63) is 29.8 Å². The first kappa shape index (κ1) is 18.0. The van der Waals surface area contributed by atoms with Crippen LogP contribution in [0.2, 0.25) is 0 Å². The van der Waals surface area contributed by atoms with Gasteiger partial charge in [0, 0.05) is 12.1 Å². The summed E-state index contributed by atoms with van der Waals surface area (Å²) < 4.78 is 42.6. The summed E-state index contributed by atoms with van der Waals surface area (Å²) in [7, 11) is 1.18. The Morgan fingerprint density at radius 3 is 2.33 bits per heavy atom. The summed E-state index contributed by atoms with van der Waals surface area (Å²) in [6.07, 6.45) is -4.33. The number of hydrogen-bond donors (Lipinski definition) is 0. The Bertz CT molecular complexity index is 666. The number of ether oxygens (including phenoxy) is 1. The van der Waals surface area contributed by atoms with Gasteiger partial charge in [0.05, 0.1) is 18.4 Å². The van der Waals surface area contributed by atoms with Crippen LogP contribution in [0.25, 0.3) is 0 Å². The predicted octanol–water partition coefficient (Wildman–Crippen LogP) is 3.24. The van der Waals surface area contributed by atoms with Crippen LogP contribution in [0.15, 0.2) is 29.4 Å². The Labute approximate surface area is 137 Å². The zero-order chi connectivity index (χ0) is 18.1. The molecule has 0 radical (unpaired) electrons. The third-order valence-electron chi connectivity index (χ3n) is 3.74. The number of alkyl halides is 3. The van der Waals surface area contributed by atoms with Gasteiger partial charge in [-0.25, -0.2) is 5.01 Å². The minimum atomic E-state index is -4.47. The standard InChI is InChI=1S/C16H17F3N2O3/c1-9(2)13-8-12(15(23)24-3)14(22)21(20-13)11-6-4-10(5-7-11)16(17,18)19/h4-7,9,12H,8H2,1-3H3. The summed E-state index contributed by atoms with van der Waals surface area (Å²) in [5.41, 5.74) is -0.0575. The van der Waals surface area contributed by atoms with Crippen LogP contribution in [0.5, 0.6) is 0 Å². The van der Waals surface area contributed by atoms with Crippen molar-refractivity contribution >= 4 is 23.3 Å². The molecule has 0 N–H and O–H groups in total. The van der Waals surface area contributed by atoms with Gasteiger partial charge in [0.25, 0.3) is 5.91 Å². The Balaban J connectivity index is 2.40. The first-order valence-corrected chi connectivity index (χ1v) is 7.31. The molecule has 1 aromatic carbocycles. The van der Waals surface area contributed by atoms with Crippen LogP contribution in [0.4, 0.5) is 18.9 Å². The third-order valence-corrected chi connectivity index (χ3v) is 3.74. The van der Waals surface area contributed by atoms with Gasteiger partial charge in [-0.1, -0.05) is 13.8 Å². The topological polar surface area (TPSA) is 59.0 Å². The minimum Gasteiger partial charge on any atom is -0.468 e. The van der Waals surface area contributed by atoms with E-state index in [1.54, 1.807) is 0 Å². The average Bonchev–Trinajstić information content (AvgIpc) is 2.53. The fourth-order valence-corrected chi connectivity index (χ4v) is 2.32. The number of rotatable bonds is 3. The van der Waals surface area contributed by atoms with Gasteiger partial charge in [-0.15, -0.1) is 0 Å². The number of benzene rings is 1. The van der Waals surface area contributed by atoms with Crippen LogP contribution in [-0.2, 0) is 20.5 Å². The van der Waals surface area contributed by atoms with E-state index >= 15 is 0 Å². The van der Waals surface area contributed by atoms with Crippen LogP contribution >= 0.6 is 0 Å². The minimum absolute atomic E-state index is 0.0257. The van der Waals surface area contributed by atoms with E-state index in [2.05, 4.69) is 9.84 Å². The molecule has 8 heteroatoms. The maximum absolute atomic E-state index is 12.7. The highest BCUT2D eigenvalue weighted by molar-refractivity contribution is 6.12. The van der Waals surface area contributed by atoms with Crippen LogP contribution < -0.4 is 5.01 Å². The van der Waals surface area contributed by atoms with Crippen molar-refractivity contribution in [3.63, 3.8) is 0 Å². The molecular weight excluding hydrogens is 325 g/mol. The molecule has 1 aliphatic heterocycles. The number of anilines is 1. The Kier molecular flexibility index (Phi) is 4.96. The molecule has 1 atom stereocenters. The molecule has 24 heavy (non-hydrogen) atoms. The SMILES string of the molecule is COC(=O)C1CC(C(C)C)=NN(c2ccc(C(F)(F)F)cc2)C1=O. The van der Waals surface area contributed by atoms with Crippen LogP contribution in [-0.4, -0.2) is 24.7 Å². The van der Waals surface area contributed by atoms with E-state index in [0.29, 0.717) is 5.71 Å². The number of hydrazone groups is 1. The van der Waals surface area contributed by atoms with Gasteiger partial charge >= 0.3 is 12.1 Å². The van der Waals surface area contributed by atoms with Gasteiger partial charge < -0.3 is 4.74 Å². The van der Waals surface area contributed by atoms with Crippen molar-refractivity contribution in [2.24, 2.45) is 16.9 Å². The van der Waals surface area contributed by atoms with Crippen LogP contribution in [0, 0.1) is 11.8 Å². The molecule has 2 rings (SSSR count). The summed E-state index contributed by atoms with van der Waals surface area (Å²) in [6, 6.07) is 4.05. The van der Waals surface area contributed by atoms with Gasteiger partial charge in [-0.05, 0) is 30.2 Å². The lowest BCUT2D eigenvalue weighted by Crippen LogP contribution is -2.43. The second-order valence-corrected chi connectivity index (χ2v) is 5.72. The van der Waals surface area contributed by atoms with E-state index in [1.807, 2.05) is 13.8 Å². The highest BCUT2D eigenvalue weighted by atomic mass is 19.4. The lowest BCUT2D eigenvalue weighted by Gasteiger charge is -2.29.